The summed E-state index contributed by atoms with van der Waals surface area (Å²) in [6, 6.07) is -0.590. The van der Waals surface area contributed by atoms with E-state index in [1.165, 1.54) is 36.6 Å². The molecule has 3 amide bonds. The van der Waals surface area contributed by atoms with Crippen molar-refractivity contribution in [2.75, 3.05) is 43.5 Å². The summed E-state index contributed by atoms with van der Waals surface area (Å²) in [4.78, 5) is 44.2. The maximum absolute atomic E-state index is 14.9. The Bertz CT molecular complexity index is 1190. The molecule has 2 aromatic heterocycles. The zero-order valence-corrected chi connectivity index (χ0v) is 21.6. The first-order valence-corrected chi connectivity index (χ1v) is 12.9. The standard InChI is InChI=1S/C24H31F2N9O4/c1-3-38-20-12-29-18(11-30-20)32-22(36)34(2)17-13-35(7-5-24(17,25)26)21-27-6-4-19(33-21)39-23(37)31-16-9-14-8-15(16)28-10-14/h4,6,11-12,14-17,28H,3,5,7-10,13H2,1-2H3,(H,31,37)(H,29,32,36)/t14-,15+,16+,17+/m1/s1. The minimum absolute atomic E-state index is 0.00193. The lowest BCUT2D eigenvalue weighted by molar-refractivity contribution is -0.0760. The molecule has 39 heavy (non-hydrogen) atoms. The second kappa shape index (κ2) is 11.1. The normalized spacial score (nSPS) is 25.2. The van der Waals surface area contributed by atoms with E-state index in [4.69, 9.17) is 9.47 Å². The number of aromatic nitrogens is 4. The summed E-state index contributed by atoms with van der Waals surface area (Å²) in [7, 11) is 1.29. The SMILES string of the molecule is CCOc1cnc(NC(=O)N(C)[C@H]2CN(c3nccc(OC(=O)N[C@H]4C[C@@H]5CN[C@H]4C5)n3)CCC2(F)F)cn1. The van der Waals surface area contributed by atoms with Crippen molar-refractivity contribution in [1.82, 2.24) is 35.5 Å². The van der Waals surface area contributed by atoms with Crippen LogP contribution in [0.4, 0.5) is 30.1 Å². The minimum Gasteiger partial charge on any atom is -0.477 e. The fourth-order valence-electron chi connectivity index (χ4n) is 5.24. The second-order valence-electron chi connectivity index (χ2n) is 9.87. The van der Waals surface area contributed by atoms with Crippen LogP contribution in [0.2, 0.25) is 0 Å². The number of piperidine rings is 2. The van der Waals surface area contributed by atoms with E-state index in [0.29, 0.717) is 12.5 Å². The molecule has 13 nitrogen and oxygen atoms in total. The number of anilines is 2. The van der Waals surface area contributed by atoms with Crippen molar-refractivity contribution < 1.29 is 27.8 Å². The number of likely N-dealkylation sites (N-methyl/N-ethyl adjacent to an activating group) is 1. The first-order valence-electron chi connectivity index (χ1n) is 12.9. The molecule has 2 bridgehead atoms. The van der Waals surface area contributed by atoms with Gasteiger partial charge in [0.15, 0.2) is 5.82 Å². The van der Waals surface area contributed by atoms with Crippen LogP contribution in [0, 0.1) is 5.92 Å². The monoisotopic (exact) mass is 547 g/mol. The van der Waals surface area contributed by atoms with Crippen molar-refractivity contribution in [2.45, 2.75) is 50.2 Å². The Morgan fingerprint density at radius 1 is 1.23 bits per heavy atom. The lowest BCUT2D eigenvalue weighted by Crippen LogP contribution is -2.60. The highest BCUT2D eigenvalue weighted by Crippen LogP contribution is 2.34. The molecule has 3 aliphatic rings. The Morgan fingerprint density at radius 3 is 2.77 bits per heavy atom. The van der Waals surface area contributed by atoms with E-state index >= 15 is 0 Å². The average Bonchev–Trinajstić information content (AvgIpc) is 3.53. The van der Waals surface area contributed by atoms with Gasteiger partial charge in [0.2, 0.25) is 17.7 Å². The van der Waals surface area contributed by atoms with Crippen LogP contribution in [0.5, 0.6) is 11.8 Å². The second-order valence-corrected chi connectivity index (χ2v) is 9.87. The van der Waals surface area contributed by atoms with Crippen LogP contribution in [0.15, 0.2) is 24.7 Å². The number of hydrogen-bond donors (Lipinski definition) is 3. The third kappa shape index (κ3) is 6.08. The van der Waals surface area contributed by atoms with E-state index in [-0.39, 0.29) is 48.7 Å². The third-order valence-electron chi connectivity index (χ3n) is 7.27. The minimum atomic E-state index is -3.16. The summed E-state index contributed by atoms with van der Waals surface area (Å²) in [5, 5.41) is 8.71. The first kappa shape index (κ1) is 26.7. The number of fused-ring (bicyclic) bond motifs is 2. The van der Waals surface area contributed by atoms with Crippen LogP contribution in [0.1, 0.15) is 26.2 Å². The van der Waals surface area contributed by atoms with Gasteiger partial charge in [-0.15, -0.1) is 0 Å². The molecule has 2 aromatic rings. The molecule has 1 saturated carbocycles. The maximum atomic E-state index is 14.9. The van der Waals surface area contributed by atoms with Gasteiger partial charge in [0, 0.05) is 50.9 Å². The average molecular weight is 548 g/mol. The van der Waals surface area contributed by atoms with Gasteiger partial charge in [-0.05, 0) is 32.2 Å². The lowest BCUT2D eigenvalue weighted by atomic mass is 10.00. The number of alkyl halides is 2. The van der Waals surface area contributed by atoms with Crippen LogP contribution in [0.3, 0.4) is 0 Å². The number of hydrogen-bond acceptors (Lipinski definition) is 10. The van der Waals surface area contributed by atoms with Crippen LogP contribution in [0.25, 0.3) is 0 Å². The molecule has 3 fully saturated rings. The molecule has 3 N–H and O–H groups in total. The van der Waals surface area contributed by atoms with Gasteiger partial charge in [-0.2, -0.15) is 4.98 Å². The van der Waals surface area contributed by atoms with Crippen molar-refractivity contribution in [3.05, 3.63) is 24.7 Å². The highest BCUT2D eigenvalue weighted by atomic mass is 19.3. The number of rotatable bonds is 7. The molecule has 15 heteroatoms. The molecular weight excluding hydrogens is 516 g/mol. The molecule has 0 unspecified atom stereocenters. The van der Waals surface area contributed by atoms with Gasteiger partial charge in [-0.3, -0.25) is 5.32 Å². The smallest absolute Gasteiger partial charge is 0.414 e. The lowest BCUT2D eigenvalue weighted by Gasteiger charge is -2.42. The van der Waals surface area contributed by atoms with E-state index in [2.05, 4.69) is 35.9 Å². The van der Waals surface area contributed by atoms with E-state index in [1.807, 2.05) is 0 Å². The highest BCUT2D eigenvalue weighted by Gasteiger charge is 2.48. The summed E-state index contributed by atoms with van der Waals surface area (Å²) < 4.78 is 40.4. The quantitative estimate of drug-likeness (QED) is 0.470. The molecule has 0 aromatic carbocycles. The van der Waals surface area contributed by atoms with Gasteiger partial charge in [-0.25, -0.2) is 33.3 Å². The Balaban J connectivity index is 1.21. The van der Waals surface area contributed by atoms with E-state index in [1.54, 1.807) is 6.92 Å². The summed E-state index contributed by atoms with van der Waals surface area (Å²) in [6.07, 6.45) is 4.79. The van der Waals surface area contributed by atoms with Crippen molar-refractivity contribution in [3.8, 4) is 11.8 Å². The molecule has 0 radical (unpaired) electrons. The predicted octanol–water partition coefficient (Wildman–Crippen LogP) is 1.88. The van der Waals surface area contributed by atoms with Gasteiger partial charge in [0.05, 0.1) is 19.0 Å². The Morgan fingerprint density at radius 2 is 2.08 bits per heavy atom. The number of carbonyl (C=O) groups is 2. The number of ether oxygens (including phenoxy) is 2. The molecule has 4 heterocycles. The van der Waals surface area contributed by atoms with Gasteiger partial charge in [0.25, 0.3) is 5.92 Å². The molecule has 2 saturated heterocycles. The van der Waals surface area contributed by atoms with E-state index < -0.39 is 30.5 Å². The number of urea groups is 1. The van der Waals surface area contributed by atoms with Gasteiger partial charge in [-0.1, -0.05) is 0 Å². The zero-order chi connectivity index (χ0) is 27.6. The number of nitrogens with one attached hydrogen (secondary N) is 3. The molecule has 210 valence electrons. The zero-order valence-electron chi connectivity index (χ0n) is 21.6. The summed E-state index contributed by atoms with van der Waals surface area (Å²) >= 11 is 0. The molecule has 5 rings (SSSR count). The van der Waals surface area contributed by atoms with Crippen LogP contribution in [-0.2, 0) is 0 Å². The molecular formula is C24H31F2N9O4. The molecule has 4 atom stereocenters. The van der Waals surface area contributed by atoms with Crippen molar-refractivity contribution in [3.63, 3.8) is 0 Å². The fourth-order valence-corrected chi connectivity index (χ4v) is 5.24. The number of carbonyl (C=O) groups excluding carboxylic acids is 2. The van der Waals surface area contributed by atoms with Crippen molar-refractivity contribution in [2.24, 2.45) is 5.92 Å². The predicted molar refractivity (Wildman–Crippen MR) is 135 cm³/mol. The fraction of sp³-hybridized carbons (Fsp3) is 0.583. The molecule has 2 aliphatic heterocycles. The number of halogens is 2. The Hall–Kier alpha value is -3.88. The number of nitrogens with zero attached hydrogens (tertiary/aromatic N) is 6. The van der Waals surface area contributed by atoms with Crippen LogP contribution >= 0.6 is 0 Å². The van der Waals surface area contributed by atoms with Crippen LogP contribution in [-0.4, -0.2) is 94.3 Å². The van der Waals surface area contributed by atoms with Crippen LogP contribution < -0.4 is 30.3 Å². The van der Waals surface area contributed by atoms with E-state index in [9.17, 15) is 18.4 Å². The molecule has 1 aliphatic carbocycles. The maximum Gasteiger partial charge on any atom is 0.414 e. The summed E-state index contributed by atoms with van der Waals surface area (Å²) in [5.41, 5.74) is 0. The Labute approximate surface area is 223 Å². The summed E-state index contributed by atoms with van der Waals surface area (Å²) in [5.74, 6) is -2.10. The van der Waals surface area contributed by atoms with Crippen molar-refractivity contribution in [1.29, 1.82) is 0 Å². The summed E-state index contributed by atoms with van der Waals surface area (Å²) in [6.45, 7) is 2.88. The van der Waals surface area contributed by atoms with Gasteiger partial charge < -0.3 is 29.9 Å². The molecule has 0 spiro atoms. The highest BCUT2D eigenvalue weighted by molar-refractivity contribution is 5.88. The van der Waals surface area contributed by atoms with Gasteiger partial charge >= 0.3 is 12.1 Å². The third-order valence-corrected chi connectivity index (χ3v) is 7.27. The van der Waals surface area contributed by atoms with Crippen molar-refractivity contribution >= 4 is 23.9 Å². The van der Waals surface area contributed by atoms with Gasteiger partial charge in [0.1, 0.15) is 6.04 Å². The number of amides is 3. The largest absolute Gasteiger partial charge is 0.477 e. The first-order chi connectivity index (χ1) is 18.7. The topological polar surface area (TPSA) is 147 Å². The van der Waals surface area contributed by atoms with E-state index in [0.717, 1.165) is 24.3 Å². The Kier molecular flexibility index (Phi) is 7.59.